The number of pyridine rings is 1. The van der Waals surface area contributed by atoms with Crippen LogP contribution in [0.3, 0.4) is 0 Å². The van der Waals surface area contributed by atoms with Crippen molar-refractivity contribution in [2.45, 2.75) is 26.2 Å². The van der Waals surface area contributed by atoms with E-state index < -0.39 is 35.4 Å². The van der Waals surface area contributed by atoms with Gasteiger partial charge in [0.05, 0.1) is 28.3 Å². The third-order valence-electron chi connectivity index (χ3n) is 5.32. The van der Waals surface area contributed by atoms with Crippen LogP contribution in [0.1, 0.15) is 16.7 Å². The van der Waals surface area contributed by atoms with Gasteiger partial charge in [-0.25, -0.2) is 9.78 Å². The predicted molar refractivity (Wildman–Crippen MR) is 126 cm³/mol. The van der Waals surface area contributed by atoms with E-state index in [1.165, 1.54) is 18.3 Å². The molecule has 0 fully saturated rings. The molecule has 0 radical (unpaired) electrons. The van der Waals surface area contributed by atoms with Gasteiger partial charge in [-0.3, -0.25) is 18.7 Å². The van der Waals surface area contributed by atoms with Crippen LogP contribution in [0.15, 0.2) is 70.4 Å². The molecule has 2 heterocycles. The maximum Gasteiger partial charge on any atom is 0.416 e. The Morgan fingerprint density at radius 3 is 2.46 bits per heavy atom. The lowest BCUT2D eigenvalue weighted by atomic mass is 10.1. The van der Waals surface area contributed by atoms with E-state index in [1.807, 2.05) is 19.1 Å². The number of hydrogen-bond acceptors (Lipinski definition) is 4. The quantitative estimate of drug-likeness (QED) is 0.442. The molecule has 1 N–H and O–H groups in total. The second kappa shape index (κ2) is 9.38. The van der Waals surface area contributed by atoms with E-state index in [0.29, 0.717) is 11.6 Å². The number of halogens is 4. The molecule has 0 spiro atoms. The summed E-state index contributed by atoms with van der Waals surface area (Å²) in [7, 11) is 0. The number of benzene rings is 2. The number of amides is 1. The Bertz CT molecular complexity index is 1540. The summed E-state index contributed by atoms with van der Waals surface area (Å²) in [6.45, 7) is 1.27. The summed E-state index contributed by atoms with van der Waals surface area (Å²) in [6, 6.07) is 12.7. The maximum absolute atomic E-state index is 13.3. The average molecular weight is 503 g/mol. The molecule has 1 amide bonds. The van der Waals surface area contributed by atoms with Gasteiger partial charge in [0.25, 0.3) is 5.56 Å². The van der Waals surface area contributed by atoms with Crippen molar-refractivity contribution >= 4 is 34.2 Å². The molecule has 4 rings (SSSR count). The minimum atomic E-state index is -4.63. The summed E-state index contributed by atoms with van der Waals surface area (Å²) in [6.07, 6.45) is -3.24. The average Bonchev–Trinajstić information content (AvgIpc) is 2.81. The van der Waals surface area contributed by atoms with Crippen molar-refractivity contribution in [2.24, 2.45) is 0 Å². The number of carbonyl (C=O) groups excluding carboxylic acids is 1. The van der Waals surface area contributed by atoms with Crippen LogP contribution in [-0.2, 0) is 24.1 Å². The van der Waals surface area contributed by atoms with E-state index >= 15 is 0 Å². The van der Waals surface area contributed by atoms with Gasteiger partial charge in [0.2, 0.25) is 5.91 Å². The second-order valence-corrected chi connectivity index (χ2v) is 8.26. The molecule has 2 aromatic heterocycles. The van der Waals surface area contributed by atoms with E-state index in [-0.39, 0.29) is 28.3 Å². The first-order chi connectivity index (χ1) is 16.5. The molecule has 11 heteroatoms. The summed E-state index contributed by atoms with van der Waals surface area (Å²) in [5.74, 6) is -0.806. The molecule has 0 saturated heterocycles. The molecule has 35 heavy (non-hydrogen) atoms. The van der Waals surface area contributed by atoms with Crippen molar-refractivity contribution in [1.82, 2.24) is 14.1 Å². The molecule has 0 atom stereocenters. The SMILES string of the molecule is Cc1ccc(Cn2c(=O)c3ncccc3n(CC(=O)Nc3cc(C(F)(F)F)ccc3Cl)c2=O)cc1. The number of carbonyl (C=O) groups is 1. The molecule has 2 aromatic carbocycles. The van der Waals surface area contributed by atoms with Gasteiger partial charge in [-0.15, -0.1) is 0 Å². The van der Waals surface area contributed by atoms with Gasteiger partial charge in [0.15, 0.2) is 5.52 Å². The molecule has 180 valence electrons. The first kappa shape index (κ1) is 24.2. The monoisotopic (exact) mass is 502 g/mol. The predicted octanol–water partition coefficient (Wildman–Crippen LogP) is 4.23. The molecule has 0 bridgehead atoms. The summed E-state index contributed by atoms with van der Waals surface area (Å²) in [4.78, 5) is 43.1. The number of nitrogens with zero attached hydrogens (tertiary/aromatic N) is 3. The second-order valence-electron chi connectivity index (χ2n) is 7.86. The zero-order valence-corrected chi connectivity index (χ0v) is 19.0. The summed E-state index contributed by atoms with van der Waals surface area (Å²) in [5.41, 5.74) is -0.840. The molecule has 4 aromatic rings. The van der Waals surface area contributed by atoms with E-state index in [1.54, 1.807) is 12.1 Å². The third kappa shape index (κ3) is 5.12. The fourth-order valence-corrected chi connectivity index (χ4v) is 3.71. The van der Waals surface area contributed by atoms with Crippen LogP contribution in [0.5, 0.6) is 0 Å². The summed E-state index contributed by atoms with van der Waals surface area (Å²) in [5, 5.41) is 2.21. The van der Waals surface area contributed by atoms with E-state index in [4.69, 9.17) is 11.6 Å². The molecule has 0 saturated carbocycles. The molecular formula is C24H18ClF3N4O3. The van der Waals surface area contributed by atoms with Gasteiger partial charge in [-0.05, 0) is 42.8 Å². The smallest absolute Gasteiger partial charge is 0.323 e. The fourth-order valence-electron chi connectivity index (χ4n) is 3.54. The van der Waals surface area contributed by atoms with Gasteiger partial charge >= 0.3 is 11.9 Å². The lowest BCUT2D eigenvalue weighted by molar-refractivity contribution is -0.137. The van der Waals surface area contributed by atoms with Crippen molar-refractivity contribution in [1.29, 1.82) is 0 Å². The van der Waals surface area contributed by atoms with Gasteiger partial charge in [0, 0.05) is 6.20 Å². The van der Waals surface area contributed by atoms with E-state index in [9.17, 15) is 27.6 Å². The highest BCUT2D eigenvalue weighted by Crippen LogP contribution is 2.33. The number of aromatic nitrogens is 3. The highest BCUT2D eigenvalue weighted by molar-refractivity contribution is 6.33. The fraction of sp³-hybridized carbons (Fsp3) is 0.167. The third-order valence-corrected chi connectivity index (χ3v) is 5.65. The van der Waals surface area contributed by atoms with Crippen molar-refractivity contribution in [3.8, 4) is 0 Å². The van der Waals surface area contributed by atoms with Gasteiger partial charge < -0.3 is 5.32 Å². The van der Waals surface area contributed by atoms with E-state index in [0.717, 1.165) is 26.8 Å². The van der Waals surface area contributed by atoms with Crippen LogP contribution < -0.4 is 16.6 Å². The molecule has 0 aliphatic heterocycles. The summed E-state index contributed by atoms with van der Waals surface area (Å²) < 4.78 is 41.2. The number of alkyl halides is 3. The van der Waals surface area contributed by atoms with Crippen LogP contribution in [0.25, 0.3) is 11.0 Å². The topological polar surface area (TPSA) is 86.0 Å². The Morgan fingerprint density at radius 2 is 1.77 bits per heavy atom. The highest BCUT2D eigenvalue weighted by atomic mass is 35.5. The van der Waals surface area contributed by atoms with Crippen LogP contribution in [0.4, 0.5) is 18.9 Å². The Balaban J connectivity index is 1.73. The Kier molecular flexibility index (Phi) is 6.49. The maximum atomic E-state index is 13.3. The van der Waals surface area contributed by atoms with Crippen LogP contribution in [0.2, 0.25) is 5.02 Å². The van der Waals surface area contributed by atoms with Crippen molar-refractivity contribution < 1.29 is 18.0 Å². The number of aryl methyl sites for hydroxylation is 1. The normalized spacial score (nSPS) is 11.6. The Labute approximate surface area is 201 Å². The number of fused-ring (bicyclic) bond motifs is 1. The Morgan fingerprint density at radius 1 is 1.06 bits per heavy atom. The van der Waals surface area contributed by atoms with Crippen molar-refractivity contribution in [2.75, 3.05) is 5.32 Å². The number of nitrogens with one attached hydrogen (secondary N) is 1. The minimum Gasteiger partial charge on any atom is -0.323 e. The molecule has 0 unspecified atom stereocenters. The van der Waals surface area contributed by atoms with Crippen LogP contribution >= 0.6 is 11.6 Å². The molecule has 0 aliphatic carbocycles. The number of rotatable bonds is 5. The summed E-state index contributed by atoms with van der Waals surface area (Å²) >= 11 is 5.96. The largest absolute Gasteiger partial charge is 0.416 e. The lowest BCUT2D eigenvalue weighted by Gasteiger charge is -2.15. The highest BCUT2D eigenvalue weighted by Gasteiger charge is 2.31. The zero-order valence-electron chi connectivity index (χ0n) is 18.3. The standard InChI is InChI=1S/C24H18ClF3N4O3/c1-14-4-6-15(7-5-14)12-32-22(34)21-19(3-2-10-29-21)31(23(32)35)13-20(33)30-18-11-16(24(26,27)28)8-9-17(18)25/h2-11H,12-13H2,1H3,(H,30,33). The zero-order chi connectivity index (χ0) is 25.3. The van der Waals surface area contributed by atoms with Crippen molar-refractivity contribution in [3.63, 3.8) is 0 Å². The van der Waals surface area contributed by atoms with Crippen LogP contribution in [-0.4, -0.2) is 20.0 Å². The van der Waals surface area contributed by atoms with Crippen LogP contribution in [0, 0.1) is 6.92 Å². The van der Waals surface area contributed by atoms with Gasteiger partial charge in [-0.1, -0.05) is 41.4 Å². The van der Waals surface area contributed by atoms with Crippen molar-refractivity contribution in [3.05, 3.63) is 103 Å². The molecular weight excluding hydrogens is 485 g/mol. The Hall–Kier alpha value is -3.92. The van der Waals surface area contributed by atoms with Gasteiger partial charge in [0.1, 0.15) is 6.54 Å². The lowest BCUT2D eigenvalue weighted by Crippen LogP contribution is -2.42. The van der Waals surface area contributed by atoms with E-state index in [2.05, 4.69) is 10.3 Å². The van der Waals surface area contributed by atoms with Gasteiger partial charge in [-0.2, -0.15) is 13.2 Å². The first-order valence-electron chi connectivity index (χ1n) is 10.3. The molecule has 0 aliphatic rings. The first-order valence-corrected chi connectivity index (χ1v) is 10.7. The number of anilines is 1. The number of hydrogen-bond donors (Lipinski definition) is 1. The minimum absolute atomic E-state index is 0.0240. The molecule has 7 nitrogen and oxygen atoms in total.